The maximum atomic E-state index is 10.3. The van der Waals surface area contributed by atoms with Crippen LogP contribution in [-0.2, 0) is 13.0 Å². The minimum Gasteiger partial charge on any atom is -0.388 e. The van der Waals surface area contributed by atoms with E-state index in [-0.39, 0.29) is 0 Å². The van der Waals surface area contributed by atoms with Gasteiger partial charge in [-0.2, -0.15) is 0 Å². The average molecular weight is 265 g/mol. The van der Waals surface area contributed by atoms with Gasteiger partial charge >= 0.3 is 0 Å². The lowest BCUT2D eigenvalue weighted by atomic mass is 10.0. The van der Waals surface area contributed by atoms with E-state index in [2.05, 4.69) is 11.9 Å². The van der Waals surface area contributed by atoms with Gasteiger partial charge in [-0.25, -0.2) is 4.98 Å². The minimum absolute atomic E-state index is 0.476. The molecule has 1 atom stereocenters. The van der Waals surface area contributed by atoms with E-state index < -0.39 is 6.10 Å². The highest BCUT2D eigenvalue weighted by Gasteiger charge is 2.15. The smallest absolute Gasteiger partial charge is 0.111 e. The molecule has 0 fully saturated rings. The summed E-state index contributed by atoms with van der Waals surface area (Å²) in [6, 6.07) is 5.71. The highest BCUT2D eigenvalue weighted by atomic mass is 35.5. The van der Waals surface area contributed by atoms with Crippen molar-refractivity contribution in [1.29, 1.82) is 0 Å². The first-order valence-electron chi connectivity index (χ1n) is 6.06. The van der Waals surface area contributed by atoms with Crippen molar-refractivity contribution in [2.24, 2.45) is 0 Å². The molecule has 1 heterocycles. The summed E-state index contributed by atoms with van der Waals surface area (Å²) in [6.07, 6.45) is 3.53. The fourth-order valence-electron chi connectivity index (χ4n) is 2.03. The molecule has 2 aromatic rings. The lowest BCUT2D eigenvalue weighted by Gasteiger charge is -2.14. The van der Waals surface area contributed by atoms with Crippen molar-refractivity contribution in [3.05, 3.63) is 52.6 Å². The number of hydrogen-bond acceptors (Lipinski definition) is 2. The number of rotatable bonds is 4. The Kier molecular flexibility index (Phi) is 4.04. The Bertz CT molecular complexity index is 536. The van der Waals surface area contributed by atoms with Crippen LogP contribution in [0.1, 0.15) is 30.0 Å². The normalized spacial score (nSPS) is 12.7. The van der Waals surface area contributed by atoms with E-state index in [9.17, 15) is 5.11 Å². The number of aliphatic hydroxyl groups excluding tert-OH is 1. The molecule has 1 aromatic heterocycles. The van der Waals surface area contributed by atoms with Gasteiger partial charge in [-0.1, -0.05) is 29.8 Å². The lowest BCUT2D eigenvalue weighted by Crippen LogP contribution is -2.09. The van der Waals surface area contributed by atoms with Gasteiger partial charge in [0.2, 0.25) is 0 Å². The minimum atomic E-state index is -0.620. The monoisotopic (exact) mass is 264 g/mol. The van der Waals surface area contributed by atoms with Crippen molar-refractivity contribution in [3.8, 4) is 0 Å². The Balaban J connectivity index is 2.22. The molecule has 18 heavy (non-hydrogen) atoms. The number of aryl methyl sites for hydroxylation is 2. The van der Waals surface area contributed by atoms with E-state index in [1.165, 1.54) is 0 Å². The highest BCUT2D eigenvalue weighted by Crippen LogP contribution is 2.27. The molecule has 1 aromatic carbocycles. The third-order valence-electron chi connectivity index (χ3n) is 3.10. The molecule has 0 saturated heterocycles. The molecule has 0 bridgehead atoms. The summed E-state index contributed by atoms with van der Waals surface area (Å²) in [5.74, 6) is 0.877. The van der Waals surface area contributed by atoms with E-state index in [1.807, 2.05) is 35.9 Å². The molecule has 96 valence electrons. The molecule has 0 radical (unpaired) electrons. The number of imidazole rings is 1. The van der Waals surface area contributed by atoms with E-state index in [1.54, 1.807) is 6.20 Å². The molecule has 1 unspecified atom stereocenters. The molecular weight excluding hydrogens is 248 g/mol. The number of aliphatic hydroxyl groups is 1. The van der Waals surface area contributed by atoms with Crippen LogP contribution in [0.15, 0.2) is 30.6 Å². The summed E-state index contributed by atoms with van der Waals surface area (Å²) in [4.78, 5) is 4.26. The highest BCUT2D eigenvalue weighted by molar-refractivity contribution is 6.32. The molecule has 2 rings (SSSR count). The zero-order valence-corrected chi connectivity index (χ0v) is 11.4. The van der Waals surface area contributed by atoms with Crippen molar-refractivity contribution >= 4 is 11.6 Å². The summed E-state index contributed by atoms with van der Waals surface area (Å²) in [5, 5.41) is 10.9. The summed E-state index contributed by atoms with van der Waals surface area (Å²) >= 11 is 6.21. The van der Waals surface area contributed by atoms with E-state index >= 15 is 0 Å². The van der Waals surface area contributed by atoms with Gasteiger partial charge in [0.25, 0.3) is 0 Å². The fourth-order valence-corrected chi connectivity index (χ4v) is 2.28. The summed E-state index contributed by atoms with van der Waals surface area (Å²) in [7, 11) is 0. The number of aromatic nitrogens is 2. The van der Waals surface area contributed by atoms with Crippen LogP contribution in [-0.4, -0.2) is 14.7 Å². The molecule has 3 nitrogen and oxygen atoms in total. The van der Waals surface area contributed by atoms with Crippen LogP contribution in [0.5, 0.6) is 0 Å². The molecule has 0 spiro atoms. The predicted octanol–water partition coefficient (Wildman–Crippen LogP) is 3.14. The van der Waals surface area contributed by atoms with Crippen molar-refractivity contribution in [3.63, 3.8) is 0 Å². The Morgan fingerprint density at radius 2 is 2.22 bits per heavy atom. The molecular formula is C14H17ClN2O. The number of nitrogens with zero attached hydrogens (tertiary/aromatic N) is 2. The maximum Gasteiger partial charge on any atom is 0.111 e. The van der Waals surface area contributed by atoms with Crippen LogP contribution in [0.25, 0.3) is 0 Å². The molecule has 0 aliphatic carbocycles. The second-order valence-electron chi connectivity index (χ2n) is 4.33. The Labute approximate surface area is 112 Å². The topological polar surface area (TPSA) is 38.0 Å². The molecule has 0 amide bonds. The van der Waals surface area contributed by atoms with Gasteiger partial charge in [0.15, 0.2) is 0 Å². The summed E-state index contributed by atoms with van der Waals surface area (Å²) in [6.45, 7) is 4.84. The molecule has 0 aliphatic heterocycles. The quantitative estimate of drug-likeness (QED) is 0.921. The van der Waals surface area contributed by atoms with E-state index in [0.717, 1.165) is 23.5 Å². The molecule has 0 saturated carbocycles. The van der Waals surface area contributed by atoms with Crippen LogP contribution < -0.4 is 0 Å². The third kappa shape index (κ3) is 2.57. The Hall–Kier alpha value is -1.32. The van der Waals surface area contributed by atoms with Crippen molar-refractivity contribution in [2.45, 2.75) is 32.9 Å². The third-order valence-corrected chi connectivity index (χ3v) is 3.62. The maximum absolute atomic E-state index is 10.3. The summed E-state index contributed by atoms with van der Waals surface area (Å²) in [5.41, 5.74) is 1.74. The van der Waals surface area contributed by atoms with Gasteiger partial charge in [-0.3, -0.25) is 0 Å². The second-order valence-corrected chi connectivity index (χ2v) is 4.71. The van der Waals surface area contributed by atoms with Crippen LogP contribution >= 0.6 is 11.6 Å². The van der Waals surface area contributed by atoms with Crippen molar-refractivity contribution in [2.75, 3.05) is 0 Å². The number of benzene rings is 1. The average Bonchev–Trinajstić information content (AvgIpc) is 2.79. The fraction of sp³-hybridized carbons (Fsp3) is 0.357. The first-order valence-corrected chi connectivity index (χ1v) is 6.44. The van der Waals surface area contributed by atoms with Crippen LogP contribution in [0, 0.1) is 6.92 Å². The van der Waals surface area contributed by atoms with Crippen molar-refractivity contribution < 1.29 is 5.11 Å². The Morgan fingerprint density at radius 3 is 2.94 bits per heavy atom. The van der Waals surface area contributed by atoms with Gasteiger partial charge in [-0.15, -0.1) is 0 Å². The van der Waals surface area contributed by atoms with Gasteiger partial charge < -0.3 is 9.67 Å². The van der Waals surface area contributed by atoms with Gasteiger partial charge in [0.1, 0.15) is 5.82 Å². The first kappa shape index (κ1) is 13.1. The van der Waals surface area contributed by atoms with Crippen molar-refractivity contribution in [1.82, 2.24) is 9.55 Å². The summed E-state index contributed by atoms with van der Waals surface area (Å²) < 4.78 is 2.02. The Morgan fingerprint density at radius 1 is 1.44 bits per heavy atom. The van der Waals surface area contributed by atoms with E-state index in [0.29, 0.717) is 11.4 Å². The second kappa shape index (κ2) is 5.55. The van der Waals surface area contributed by atoms with Crippen LogP contribution in [0.4, 0.5) is 0 Å². The predicted molar refractivity (Wildman–Crippen MR) is 72.8 cm³/mol. The first-order chi connectivity index (χ1) is 8.63. The van der Waals surface area contributed by atoms with Gasteiger partial charge in [0.05, 0.1) is 6.10 Å². The molecule has 0 aliphatic rings. The molecule has 4 heteroatoms. The van der Waals surface area contributed by atoms with E-state index in [4.69, 9.17) is 11.6 Å². The number of halogens is 1. The van der Waals surface area contributed by atoms with Gasteiger partial charge in [0, 0.05) is 30.4 Å². The largest absolute Gasteiger partial charge is 0.388 e. The van der Waals surface area contributed by atoms with Crippen LogP contribution in [0.2, 0.25) is 5.02 Å². The van der Waals surface area contributed by atoms with Crippen LogP contribution in [0.3, 0.4) is 0 Å². The zero-order chi connectivity index (χ0) is 13.1. The standard InChI is InChI=1S/C14H17ClN2O/c1-3-17-8-7-16-13(17)9-12(18)11-6-4-5-10(2)14(11)15/h4-8,12,18H,3,9H2,1-2H3. The molecule has 1 N–H and O–H groups in total. The number of hydrogen-bond donors (Lipinski definition) is 1. The lowest BCUT2D eigenvalue weighted by molar-refractivity contribution is 0.174. The SMILES string of the molecule is CCn1ccnc1CC(O)c1cccc(C)c1Cl. The zero-order valence-electron chi connectivity index (χ0n) is 10.6. The van der Waals surface area contributed by atoms with Gasteiger partial charge in [-0.05, 0) is 25.0 Å².